The Morgan fingerprint density at radius 1 is 1.23 bits per heavy atom. The average Bonchev–Trinajstić information content (AvgIpc) is 2.44. The molecule has 2 atom stereocenters. The maximum atomic E-state index is 5.39. The Balaban J connectivity index is 1.67. The van der Waals surface area contributed by atoms with Crippen LogP contribution < -0.4 is 15.5 Å². The van der Waals surface area contributed by atoms with Crippen LogP contribution in [0.2, 0.25) is 0 Å². The zero-order chi connectivity index (χ0) is 15.9. The average molecular weight is 321 g/mol. The standard InChI is InChI=1S/C18H29N3S/c1-14-11-15(2)13-17(12-14)20-18(22)19-8-6-10-21-9-5-4-7-16(21)3/h11-13,16H,4-10H2,1-3H3,(H2,19,20,22)/p+1/t16-/m0/s1. The van der Waals surface area contributed by atoms with Crippen LogP contribution in [0, 0.1) is 13.8 Å². The second kappa shape index (κ2) is 8.49. The third kappa shape index (κ3) is 5.58. The molecule has 1 unspecified atom stereocenters. The fraction of sp³-hybridized carbons (Fsp3) is 0.611. The van der Waals surface area contributed by atoms with Gasteiger partial charge in [-0.2, -0.15) is 0 Å². The summed E-state index contributed by atoms with van der Waals surface area (Å²) in [6.07, 6.45) is 5.36. The molecule has 0 bridgehead atoms. The van der Waals surface area contributed by atoms with Crippen LogP contribution in [0.1, 0.15) is 43.7 Å². The maximum Gasteiger partial charge on any atom is 0.170 e. The van der Waals surface area contributed by atoms with Crippen molar-refractivity contribution in [3.8, 4) is 0 Å². The molecular formula is C18H30N3S+. The zero-order valence-electron chi connectivity index (χ0n) is 14.2. The normalized spacial score (nSPS) is 21.4. The lowest BCUT2D eigenvalue weighted by Crippen LogP contribution is -3.16. The molecule has 1 saturated heterocycles. The molecule has 3 nitrogen and oxygen atoms in total. The number of thiocarbonyl (C=S) groups is 1. The van der Waals surface area contributed by atoms with Crippen molar-refractivity contribution in [1.29, 1.82) is 0 Å². The van der Waals surface area contributed by atoms with Crippen molar-refractivity contribution in [2.24, 2.45) is 0 Å². The van der Waals surface area contributed by atoms with E-state index >= 15 is 0 Å². The number of benzene rings is 1. The molecule has 0 spiro atoms. The van der Waals surface area contributed by atoms with Crippen molar-refractivity contribution in [3.63, 3.8) is 0 Å². The van der Waals surface area contributed by atoms with Gasteiger partial charge in [-0.25, -0.2) is 0 Å². The second-order valence-corrected chi connectivity index (χ2v) is 7.07. The van der Waals surface area contributed by atoms with E-state index in [1.807, 2.05) is 0 Å². The molecule has 122 valence electrons. The van der Waals surface area contributed by atoms with E-state index in [0.29, 0.717) is 0 Å². The third-order valence-corrected chi connectivity index (χ3v) is 4.77. The van der Waals surface area contributed by atoms with Crippen molar-refractivity contribution in [1.82, 2.24) is 5.32 Å². The number of hydrogen-bond acceptors (Lipinski definition) is 1. The monoisotopic (exact) mass is 320 g/mol. The van der Waals surface area contributed by atoms with E-state index in [9.17, 15) is 0 Å². The van der Waals surface area contributed by atoms with Crippen LogP contribution in [-0.2, 0) is 0 Å². The summed E-state index contributed by atoms with van der Waals surface area (Å²) >= 11 is 5.39. The number of piperidine rings is 1. The minimum absolute atomic E-state index is 0.728. The summed E-state index contributed by atoms with van der Waals surface area (Å²) in [5, 5.41) is 7.34. The topological polar surface area (TPSA) is 28.5 Å². The Labute approximate surface area is 140 Å². The Kier molecular flexibility index (Phi) is 6.65. The molecule has 1 aliphatic heterocycles. The molecule has 0 radical (unpaired) electrons. The van der Waals surface area contributed by atoms with Gasteiger partial charge in [0.2, 0.25) is 0 Å². The van der Waals surface area contributed by atoms with Gasteiger partial charge in [-0.05, 0) is 75.5 Å². The summed E-state index contributed by atoms with van der Waals surface area (Å²) in [7, 11) is 0. The fourth-order valence-electron chi connectivity index (χ4n) is 3.36. The summed E-state index contributed by atoms with van der Waals surface area (Å²) in [6, 6.07) is 7.25. The molecule has 1 heterocycles. The number of nitrogens with one attached hydrogen (secondary N) is 3. The number of quaternary nitrogens is 1. The van der Waals surface area contributed by atoms with Gasteiger partial charge in [-0.15, -0.1) is 0 Å². The predicted molar refractivity (Wildman–Crippen MR) is 98.8 cm³/mol. The van der Waals surface area contributed by atoms with E-state index in [1.54, 1.807) is 4.90 Å². The van der Waals surface area contributed by atoms with Crippen molar-refractivity contribution in [3.05, 3.63) is 29.3 Å². The van der Waals surface area contributed by atoms with Gasteiger partial charge in [-0.1, -0.05) is 6.07 Å². The first-order chi connectivity index (χ1) is 10.5. The van der Waals surface area contributed by atoms with Gasteiger partial charge in [0, 0.05) is 18.7 Å². The predicted octanol–water partition coefficient (Wildman–Crippen LogP) is 2.44. The minimum Gasteiger partial charge on any atom is -0.362 e. The smallest absolute Gasteiger partial charge is 0.170 e. The molecule has 1 aliphatic rings. The number of anilines is 1. The number of aryl methyl sites for hydroxylation is 2. The summed E-state index contributed by atoms with van der Waals surface area (Å²) in [4.78, 5) is 1.77. The van der Waals surface area contributed by atoms with Crippen LogP contribution >= 0.6 is 12.2 Å². The lowest BCUT2D eigenvalue weighted by Gasteiger charge is -2.30. The number of rotatable bonds is 5. The summed E-state index contributed by atoms with van der Waals surface area (Å²) in [5.41, 5.74) is 3.59. The van der Waals surface area contributed by atoms with E-state index in [1.165, 1.54) is 49.9 Å². The van der Waals surface area contributed by atoms with Gasteiger partial charge in [-0.3, -0.25) is 0 Å². The molecule has 0 amide bonds. The van der Waals surface area contributed by atoms with Gasteiger partial charge in [0.15, 0.2) is 5.11 Å². The minimum atomic E-state index is 0.728. The van der Waals surface area contributed by atoms with Gasteiger partial charge in [0.1, 0.15) is 0 Å². The fourth-order valence-corrected chi connectivity index (χ4v) is 3.58. The molecule has 0 saturated carbocycles. The molecule has 1 aromatic rings. The Morgan fingerprint density at radius 3 is 2.64 bits per heavy atom. The number of hydrogen-bond donors (Lipinski definition) is 3. The molecule has 0 aromatic heterocycles. The highest BCUT2D eigenvalue weighted by molar-refractivity contribution is 7.80. The molecule has 1 aromatic carbocycles. The van der Waals surface area contributed by atoms with Crippen molar-refractivity contribution in [2.75, 3.05) is 25.0 Å². The zero-order valence-corrected chi connectivity index (χ0v) is 15.0. The van der Waals surface area contributed by atoms with Gasteiger partial charge in [0.25, 0.3) is 0 Å². The van der Waals surface area contributed by atoms with Crippen LogP contribution in [0.3, 0.4) is 0 Å². The molecule has 2 rings (SSSR count). The summed E-state index contributed by atoms with van der Waals surface area (Å²) < 4.78 is 0. The van der Waals surface area contributed by atoms with Crippen LogP contribution in [0.4, 0.5) is 5.69 Å². The van der Waals surface area contributed by atoms with Crippen LogP contribution in [0.25, 0.3) is 0 Å². The van der Waals surface area contributed by atoms with Crippen LogP contribution in [0.5, 0.6) is 0 Å². The third-order valence-electron chi connectivity index (χ3n) is 4.52. The highest BCUT2D eigenvalue weighted by Crippen LogP contribution is 2.13. The highest BCUT2D eigenvalue weighted by Gasteiger charge is 2.20. The maximum absolute atomic E-state index is 5.39. The van der Waals surface area contributed by atoms with Crippen molar-refractivity contribution < 1.29 is 4.90 Å². The Hall–Kier alpha value is -1.13. The van der Waals surface area contributed by atoms with E-state index in [2.05, 4.69) is 49.6 Å². The van der Waals surface area contributed by atoms with Gasteiger partial charge in [0.05, 0.1) is 19.1 Å². The van der Waals surface area contributed by atoms with Crippen LogP contribution in [0.15, 0.2) is 18.2 Å². The Bertz CT molecular complexity index is 481. The lowest BCUT2D eigenvalue weighted by molar-refractivity contribution is -0.928. The van der Waals surface area contributed by atoms with Gasteiger partial charge < -0.3 is 15.5 Å². The largest absolute Gasteiger partial charge is 0.362 e. The van der Waals surface area contributed by atoms with E-state index < -0.39 is 0 Å². The molecular weight excluding hydrogens is 290 g/mol. The molecule has 22 heavy (non-hydrogen) atoms. The number of likely N-dealkylation sites (tertiary alicyclic amines) is 1. The first-order valence-corrected chi connectivity index (χ1v) is 8.93. The van der Waals surface area contributed by atoms with Crippen molar-refractivity contribution in [2.45, 2.75) is 52.5 Å². The lowest BCUT2D eigenvalue weighted by atomic mass is 10.0. The van der Waals surface area contributed by atoms with E-state index in [0.717, 1.165) is 23.4 Å². The second-order valence-electron chi connectivity index (χ2n) is 6.67. The Morgan fingerprint density at radius 2 is 1.95 bits per heavy atom. The van der Waals surface area contributed by atoms with Crippen molar-refractivity contribution >= 4 is 23.0 Å². The summed E-state index contributed by atoms with van der Waals surface area (Å²) in [5.74, 6) is 0. The molecule has 3 N–H and O–H groups in total. The van der Waals surface area contributed by atoms with E-state index in [-0.39, 0.29) is 0 Å². The highest BCUT2D eigenvalue weighted by atomic mass is 32.1. The van der Waals surface area contributed by atoms with Crippen LogP contribution in [-0.4, -0.2) is 30.8 Å². The molecule has 0 aliphatic carbocycles. The first kappa shape index (κ1) is 17.2. The SMILES string of the molecule is Cc1cc(C)cc(NC(=S)NCCC[NH+]2CCCC[C@@H]2C)c1. The molecule has 1 fully saturated rings. The van der Waals surface area contributed by atoms with E-state index in [4.69, 9.17) is 12.2 Å². The van der Waals surface area contributed by atoms with Gasteiger partial charge >= 0.3 is 0 Å². The quantitative estimate of drug-likeness (QED) is 0.575. The summed E-state index contributed by atoms with van der Waals surface area (Å²) in [6.45, 7) is 10.1. The first-order valence-electron chi connectivity index (χ1n) is 8.52. The molecule has 4 heteroatoms.